The van der Waals surface area contributed by atoms with Gasteiger partial charge in [-0.3, -0.25) is 0 Å². The Hall–Kier alpha value is -1.72. The van der Waals surface area contributed by atoms with E-state index >= 15 is 0 Å². The highest BCUT2D eigenvalue weighted by molar-refractivity contribution is 5.27. The minimum absolute atomic E-state index is 0.0889. The van der Waals surface area contributed by atoms with E-state index in [0.717, 1.165) is 64.1 Å². The Labute approximate surface area is 167 Å². The van der Waals surface area contributed by atoms with Crippen LogP contribution in [0.1, 0.15) is 56.8 Å². The molecule has 4 rings (SSSR count). The Morgan fingerprint density at radius 1 is 1.21 bits per heavy atom. The van der Waals surface area contributed by atoms with E-state index in [1.165, 1.54) is 11.9 Å². The molecule has 28 heavy (non-hydrogen) atoms. The molecule has 0 unspecified atom stereocenters. The minimum atomic E-state index is -0.157. The van der Waals surface area contributed by atoms with Crippen LogP contribution in [-0.2, 0) is 16.7 Å². The first-order valence-corrected chi connectivity index (χ1v) is 10.7. The molecule has 0 N–H and O–H groups in total. The maximum atomic E-state index is 14.0. The van der Waals surface area contributed by atoms with Crippen LogP contribution >= 0.6 is 0 Å². The topological polar surface area (TPSA) is 30.3 Å². The van der Waals surface area contributed by atoms with Crippen LogP contribution in [0.2, 0.25) is 0 Å². The first-order chi connectivity index (χ1) is 13.6. The fraction of sp³-hybridized carbons (Fsp3) is 0.609. The second kappa shape index (κ2) is 8.34. The molecule has 2 saturated heterocycles. The van der Waals surface area contributed by atoms with E-state index in [9.17, 15) is 4.39 Å². The van der Waals surface area contributed by atoms with Gasteiger partial charge in [0.15, 0.2) is 0 Å². The van der Waals surface area contributed by atoms with E-state index < -0.39 is 0 Å². The minimum Gasteiger partial charge on any atom is -0.381 e. The lowest BCUT2D eigenvalue weighted by molar-refractivity contribution is 0.0427. The third-order valence-corrected chi connectivity index (χ3v) is 6.73. The van der Waals surface area contributed by atoms with Crippen molar-refractivity contribution in [2.75, 3.05) is 26.3 Å². The number of hydrogen-bond acceptors (Lipinski definition) is 3. The summed E-state index contributed by atoms with van der Waals surface area (Å²) >= 11 is 0. The number of hydrogen-bond donors (Lipinski definition) is 0. The van der Waals surface area contributed by atoms with Crippen molar-refractivity contribution in [3.8, 4) is 0 Å². The summed E-state index contributed by atoms with van der Waals surface area (Å²) in [6.07, 6.45) is 8.19. The van der Waals surface area contributed by atoms with Crippen LogP contribution in [0, 0.1) is 5.82 Å². The number of aromatic nitrogens is 2. The van der Waals surface area contributed by atoms with Crippen LogP contribution in [-0.4, -0.2) is 46.8 Å². The molecule has 1 aromatic carbocycles. The van der Waals surface area contributed by atoms with E-state index in [1.807, 2.05) is 12.3 Å². The second-order valence-corrected chi connectivity index (χ2v) is 8.72. The molecule has 0 amide bonds. The van der Waals surface area contributed by atoms with Crippen LogP contribution in [0.25, 0.3) is 0 Å². The van der Waals surface area contributed by atoms with Crippen molar-refractivity contribution in [3.63, 3.8) is 0 Å². The van der Waals surface area contributed by atoms with Crippen molar-refractivity contribution in [2.24, 2.45) is 0 Å². The molecule has 0 bridgehead atoms. The zero-order valence-electron chi connectivity index (χ0n) is 17.1. The average molecular weight is 386 g/mol. The summed E-state index contributed by atoms with van der Waals surface area (Å²) in [6, 6.07) is 7.76. The first kappa shape index (κ1) is 19.6. The van der Waals surface area contributed by atoms with Crippen LogP contribution < -0.4 is 0 Å². The first-order valence-electron chi connectivity index (χ1n) is 10.7. The Kier molecular flexibility index (Phi) is 5.83. The van der Waals surface area contributed by atoms with Crippen molar-refractivity contribution in [1.29, 1.82) is 0 Å². The summed E-state index contributed by atoms with van der Waals surface area (Å²) < 4.78 is 22.0. The summed E-state index contributed by atoms with van der Waals surface area (Å²) in [5.41, 5.74) is 0.999. The molecule has 3 heterocycles. The Bertz CT molecular complexity index is 774. The quantitative estimate of drug-likeness (QED) is 0.766. The van der Waals surface area contributed by atoms with Crippen molar-refractivity contribution in [1.82, 2.24) is 14.5 Å². The van der Waals surface area contributed by atoms with Gasteiger partial charge in [0.05, 0.1) is 0 Å². The summed E-state index contributed by atoms with van der Waals surface area (Å²) in [4.78, 5) is 7.31. The highest BCUT2D eigenvalue weighted by Crippen LogP contribution is 2.38. The zero-order valence-corrected chi connectivity index (χ0v) is 17.1. The van der Waals surface area contributed by atoms with Crippen molar-refractivity contribution in [3.05, 3.63) is 53.9 Å². The number of likely N-dealkylation sites (tertiary alicyclic amines) is 1. The van der Waals surface area contributed by atoms with E-state index in [-0.39, 0.29) is 11.2 Å². The van der Waals surface area contributed by atoms with Gasteiger partial charge in [0.1, 0.15) is 11.6 Å². The highest BCUT2D eigenvalue weighted by Gasteiger charge is 2.36. The van der Waals surface area contributed by atoms with Gasteiger partial charge in [-0.2, -0.15) is 0 Å². The third-order valence-electron chi connectivity index (χ3n) is 6.73. The molecule has 0 spiro atoms. The number of rotatable bonds is 5. The number of halogens is 1. The molecule has 0 saturated carbocycles. The van der Waals surface area contributed by atoms with Crippen molar-refractivity contribution in [2.45, 2.75) is 63.5 Å². The van der Waals surface area contributed by atoms with Gasteiger partial charge in [0, 0.05) is 49.5 Å². The predicted octanol–water partition coefficient (Wildman–Crippen LogP) is 4.36. The SMILES string of the molecule is CC(C)N1CCC(c2nccn2CC2(c3cccc(F)c3)CCOCC2)CC1. The molecule has 2 aliphatic rings. The second-order valence-electron chi connectivity index (χ2n) is 8.72. The Balaban J connectivity index is 1.57. The van der Waals surface area contributed by atoms with Gasteiger partial charge in [0.2, 0.25) is 0 Å². The molecule has 0 atom stereocenters. The summed E-state index contributed by atoms with van der Waals surface area (Å²) in [5.74, 6) is 1.55. The molecule has 0 radical (unpaired) electrons. The number of ether oxygens (including phenoxy) is 1. The number of nitrogens with zero attached hydrogens (tertiary/aromatic N) is 3. The monoisotopic (exact) mass is 385 g/mol. The van der Waals surface area contributed by atoms with Crippen LogP contribution in [0.3, 0.4) is 0 Å². The molecular weight excluding hydrogens is 353 g/mol. The third kappa shape index (κ3) is 4.01. The maximum absolute atomic E-state index is 14.0. The molecule has 0 aliphatic carbocycles. The summed E-state index contributed by atoms with van der Waals surface area (Å²) in [7, 11) is 0. The lowest BCUT2D eigenvalue weighted by atomic mass is 9.74. The zero-order chi connectivity index (χ0) is 19.6. The number of benzene rings is 1. The summed E-state index contributed by atoms with van der Waals surface area (Å²) in [6.45, 7) is 9.13. The Morgan fingerprint density at radius 2 is 1.96 bits per heavy atom. The van der Waals surface area contributed by atoms with Gasteiger partial charge in [-0.15, -0.1) is 0 Å². The van der Waals surface area contributed by atoms with E-state index in [0.29, 0.717) is 12.0 Å². The highest BCUT2D eigenvalue weighted by atomic mass is 19.1. The lowest BCUT2D eigenvalue weighted by Gasteiger charge is -2.39. The molecule has 1 aromatic heterocycles. The van der Waals surface area contributed by atoms with Gasteiger partial charge in [0.25, 0.3) is 0 Å². The predicted molar refractivity (Wildman–Crippen MR) is 109 cm³/mol. The largest absolute Gasteiger partial charge is 0.381 e. The fourth-order valence-electron chi connectivity index (χ4n) is 4.93. The normalized spacial score (nSPS) is 21.3. The molecule has 5 heteroatoms. The molecule has 2 fully saturated rings. The molecule has 2 aliphatic heterocycles. The standard InChI is InChI=1S/C23H32FN3O/c1-18(2)26-11-6-19(7-12-26)22-25-10-13-27(22)17-23(8-14-28-15-9-23)20-4-3-5-21(24)16-20/h3-5,10,13,16,18-19H,6-9,11-12,14-15,17H2,1-2H3. The number of piperidine rings is 1. The Morgan fingerprint density at radius 3 is 2.64 bits per heavy atom. The van der Waals surface area contributed by atoms with Crippen molar-refractivity contribution < 1.29 is 9.13 Å². The van der Waals surface area contributed by atoms with Crippen LogP contribution in [0.15, 0.2) is 36.7 Å². The van der Waals surface area contributed by atoms with Crippen LogP contribution in [0.5, 0.6) is 0 Å². The molecule has 2 aromatic rings. The maximum Gasteiger partial charge on any atom is 0.123 e. The molecule has 152 valence electrons. The lowest BCUT2D eigenvalue weighted by Crippen LogP contribution is -2.40. The van der Waals surface area contributed by atoms with Gasteiger partial charge in [-0.25, -0.2) is 9.37 Å². The van der Waals surface area contributed by atoms with Gasteiger partial charge in [-0.05, 0) is 70.3 Å². The van der Waals surface area contributed by atoms with E-state index in [1.54, 1.807) is 6.07 Å². The van der Waals surface area contributed by atoms with Crippen molar-refractivity contribution >= 4 is 0 Å². The smallest absolute Gasteiger partial charge is 0.123 e. The van der Waals surface area contributed by atoms with Crippen LogP contribution in [0.4, 0.5) is 4.39 Å². The fourth-order valence-corrected chi connectivity index (χ4v) is 4.93. The average Bonchev–Trinajstić information content (AvgIpc) is 3.16. The number of imidazole rings is 1. The van der Waals surface area contributed by atoms with E-state index in [2.05, 4.69) is 35.6 Å². The van der Waals surface area contributed by atoms with Gasteiger partial charge in [-0.1, -0.05) is 12.1 Å². The molecule has 4 nitrogen and oxygen atoms in total. The van der Waals surface area contributed by atoms with Gasteiger partial charge >= 0.3 is 0 Å². The van der Waals surface area contributed by atoms with Gasteiger partial charge < -0.3 is 14.2 Å². The molecular formula is C23H32FN3O. The van der Waals surface area contributed by atoms with E-state index in [4.69, 9.17) is 9.72 Å². The summed E-state index contributed by atoms with van der Waals surface area (Å²) in [5, 5.41) is 0.